The molecule has 0 atom stereocenters. The van der Waals surface area contributed by atoms with Crippen molar-refractivity contribution in [1.82, 2.24) is 20.2 Å². The van der Waals surface area contributed by atoms with E-state index in [4.69, 9.17) is 4.74 Å². The van der Waals surface area contributed by atoms with Gasteiger partial charge in [0.1, 0.15) is 5.75 Å². The predicted molar refractivity (Wildman–Crippen MR) is 56.1 cm³/mol. The Labute approximate surface area is 94.2 Å². The van der Waals surface area contributed by atoms with Crippen LogP contribution in [0.3, 0.4) is 0 Å². The van der Waals surface area contributed by atoms with Gasteiger partial charge in [-0.25, -0.2) is 9.89 Å². The van der Waals surface area contributed by atoms with Crippen molar-refractivity contribution in [1.29, 1.82) is 0 Å². The SMILES string of the molecule is O=C1COc2ccc(-n3nn[nH]c3=O)cc2N1. The lowest BCUT2D eigenvalue weighted by Crippen LogP contribution is -2.25. The zero-order chi connectivity index (χ0) is 11.8. The van der Waals surface area contributed by atoms with E-state index >= 15 is 0 Å². The monoisotopic (exact) mass is 233 g/mol. The highest BCUT2D eigenvalue weighted by molar-refractivity contribution is 5.95. The molecule has 0 saturated carbocycles. The van der Waals surface area contributed by atoms with Crippen molar-refractivity contribution >= 4 is 11.6 Å². The number of rotatable bonds is 1. The molecule has 1 aliphatic rings. The van der Waals surface area contributed by atoms with E-state index in [1.54, 1.807) is 18.2 Å². The fraction of sp³-hybridized carbons (Fsp3) is 0.111. The van der Waals surface area contributed by atoms with Gasteiger partial charge >= 0.3 is 5.69 Å². The Bertz CT molecular complexity index is 644. The maximum Gasteiger partial charge on any atom is 0.365 e. The average molecular weight is 233 g/mol. The van der Waals surface area contributed by atoms with Crippen molar-refractivity contribution in [3.63, 3.8) is 0 Å². The molecule has 2 N–H and O–H groups in total. The Morgan fingerprint density at radius 2 is 2.24 bits per heavy atom. The molecule has 1 aliphatic heterocycles. The normalized spacial score (nSPS) is 13.8. The van der Waals surface area contributed by atoms with E-state index in [1.165, 1.54) is 0 Å². The molecule has 86 valence electrons. The van der Waals surface area contributed by atoms with Gasteiger partial charge in [0.15, 0.2) is 6.61 Å². The maximum atomic E-state index is 11.3. The third kappa shape index (κ3) is 1.55. The second kappa shape index (κ2) is 3.44. The zero-order valence-corrected chi connectivity index (χ0v) is 8.51. The molecule has 1 aromatic carbocycles. The number of aromatic nitrogens is 4. The van der Waals surface area contributed by atoms with Crippen LogP contribution in [0.2, 0.25) is 0 Å². The zero-order valence-electron chi connectivity index (χ0n) is 8.51. The topological polar surface area (TPSA) is 102 Å². The number of tetrazole rings is 1. The van der Waals surface area contributed by atoms with Gasteiger partial charge in [-0.1, -0.05) is 0 Å². The Kier molecular flexibility index (Phi) is 1.94. The second-order valence-corrected chi connectivity index (χ2v) is 3.44. The van der Waals surface area contributed by atoms with E-state index in [9.17, 15) is 9.59 Å². The number of carbonyl (C=O) groups is 1. The summed E-state index contributed by atoms with van der Waals surface area (Å²) in [6, 6.07) is 4.90. The molecule has 8 heteroatoms. The molecule has 0 spiro atoms. The summed E-state index contributed by atoms with van der Waals surface area (Å²) >= 11 is 0. The van der Waals surface area contributed by atoms with Crippen LogP contribution >= 0.6 is 0 Å². The average Bonchev–Trinajstić information content (AvgIpc) is 2.74. The summed E-state index contributed by atoms with van der Waals surface area (Å²) < 4.78 is 6.28. The van der Waals surface area contributed by atoms with Crippen LogP contribution in [0.4, 0.5) is 5.69 Å². The molecule has 1 aromatic heterocycles. The van der Waals surface area contributed by atoms with Gasteiger partial charge in [0.25, 0.3) is 5.91 Å². The van der Waals surface area contributed by atoms with Crippen LogP contribution in [0.25, 0.3) is 5.69 Å². The van der Waals surface area contributed by atoms with Crippen LogP contribution in [0.15, 0.2) is 23.0 Å². The van der Waals surface area contributed by atoms with Crippen molar-refractivity contribution in [2.75, 3.05) is 11.9 Å². The molecule has 3 rings (SSSR count). The first kappa shape index (κ1) is 9.58. The van der Waals surface area contributed by atoms with E-state index in [0.29, 0.717) is 17.1 Å². The Balaban J connectivity index is 2.09. The summed E-state index contributed by atoms with van der Waals surface area (Å²) in [5, 5.41) is 11.8. The van der Waals surface area contributed by atoms with Crippen molar-refractivity contribution in [2.45, 2.75) is 0 Å². The summed E-state index contributed by atoms with van der Waals surface area (Å²) in [5.74, 6) is 0.326. The fourth-order valence-electron chi connectivity index (χ4n) is 1.57. The molecule has 1 amide bonds. The molecule has 2 heterocycles. The van der Waals surface area contributed by atoms with E-state index in [0.717, 1.165) is 4.68 Å². The van der Waals surface area contributed by atoms with E-state index < -0.39 is 5.69 Å². The Hall–Kier alpha value is -2.64. The minimum atomic E-state index is -0.451. The smallest absolute Gasteiger partial charge is 0.365 e. The molecule has 0 radical (unpaired) electrons. The lowest BCUT2D eigenvalue weighted by Gasteiger charge is -2.18. The van der Waals surface area contributed by atoms with Gasteiger partial charge in [0.05, 0.1) is 11.4 Å². The van der Waals surface area contributed by atoms with E-state index in [-0.39, 0.29) is 12.5 Å². The van der Waals surface area contributed by atoms with Crippen LogP contribution in [-0.2, 0) is 4.79 Å². The molecule has 0 aliphatic carbocycles. The van der Waals surface area contributed by atoms with Gasteiger partial charge in [-0.15, -0.1) is 0 Å². The number of amides is 1. The number of nitrogens with zero attached hydrogens (tertiary/aromatic N) is 3. The van der Waals surface area contributed by atoms with Crippen molar-refractivity contribution in [3.8, 4) is 11.4 Å². The summed E-state index contributed by atoms with van der Waals surface area (Å²) in [5.41, 5.74) is 0.551. The summed E-state index contributed by atoms with van der Waals surface area (Å²) in [4.78, 5) is 22.5. The lowest BCUT2D eigenvalue weighted by molar-refractivity contribution is -0.118. The number of ether oxygens (including phenoxy) is 1. The van der Waals surface area contributed by atoms with Gasteiger partial charge in [-0.2, -0.15) is 4.68 Å². The molecule has 2 aromatic rings. The first-order valence-electron chi connectivity index (χ1n) is 4.81. The van der Waals surface area contributed by atoms with Crippen molar-refractivity contribution < 1.29 is 9.53 Å². The Morgan fingerprint density at radius 1 is 1.35 bits per heavy atom. The minimum absolute atomic E-state index is 0.00371. The second-order valence-electron chi connectivity index (χ2n) is 3.44. The van der Waals surface area contributed by atoms with E-state index in [1.807, 2.05) is 0 Å². The standard InChI is InChI=1S/C9H7N5O3/c15-8-4-17-7-2-1-5(3-6(7)10-8)14-9(16)11-12-13-14/h1-3H,4H2,(H,10,15)(H,11,13,16). The number of nitrogens with one attached hydrogen (secondary N) is 2. The van der Waals surface area contributed by atoms with Gasteiger partial charge in [-0.3, -0.25) is 4.79 Å². The van der Waals surface area contributed by atoms with Gasteiger partial charge in [0, 0.05) is 0 Å². The highest BCUT2D eigenvalue weighted by atomic mass is 16.5. The van der Waals surface area contributed by atoms with Crippen molar-refractivity contribution in [2.24, 2.45) is 0 Å². The number of carbonyl (C=O) groups excluding carboxylic acids is 1. The van der Waals surface area contributed by atoms with Crippen LogP contribution < -0.4 is 15.7 Å². The fourth-order valence-corrected chi connectivity index (χ4v) is 1.57. The highest BCUT2D eigenvalue weighted by Gasteiger charge is 2.16. The molecule has 0 unspecified atom stereocenters. The lowest BCUT2D eigenvalue weighted by atomic mass is 10.2. The molecule has 17 heavy (non-hydrogen) atoms. The predicted octanol–water partition coefficient (Wildman–Crippen LogP) is -0.714. The number of aromatic amines is 1. The first-order chi connectivity index (χ1) is 8.24. The maximum absolute atomic E-state index is 11.3. The van der Waals surface area contributed by atoms with Gasteiger partial charge in [0.2, 0.25) is 0 Å². The highest BCUT2D eigenvalue weighted by Crippen LogP contribution is 2.28. The summed E-state index contributed by atoms with van der Waals surface area (Å²) in [6.07, 6.45) is 0. The van der Waals surface area contributed by atoms with E-state index in [2.05, 4.69) is 20.8 Å². The number of anilines is 1. The van der Waals surface area contributed by atoms with Crippen LogP contribution in [0.1, 0.15) is 0 Å². The quantitative estimate of drug-likeness (QED) is 0.677. The molecular weight excluding hydrogens is 226 g/mol. The largest absolute Gasteiger partial charge is 0.482 e. The summed E-state index contributed by atoms with van der Waals surface area (Å²) in [7, 11) is 0. The molecule has 8 nitrogen and oxygen atoms in total. The number of benzene rings is 1. The van der Waals surface area contributed by atoms with Crippen molar-refractivity contribution in [3.05, 3.63) is 28.7 Å². The third-order valence-corrected chi connectivity index (χ3v) is 2.31. The molecule has 0 fully saturated rings. The molecule has 0 bridgehead atoms. The Morgan fingerprint density at radius 3 is 3.00 bits per heavy atom. The van der Waals surface area contributed by atoms with Crippen LogP contribution in [0, 0.1) is 0 Å². The number of hydrogen-bond acceptors (Lipinski definition) is 5. The van der Waals surface area contributed by atoms with Gasteiger partial charge < -0.3 is 10.1 Å². The first-order valence-corrected chi connectivity index (χ1v) is 4.81. The molecular formula is C9H7N5O3. The number of fused-ring (bicyclic) bond motifs is 1. The minimum Gasteiger partial charge on any atom is -0.482 e. The van der Waals surface area contributed by atoms with Crippen LogP contribution in [0.5, 0.6) is 5.75 Å². The summed E-state index contributed by atoms with van der Waals surface area (Å²) in [6.45, 7) is -0.00371. The van der Waals surface area contributed by atoms with Crippen LogP contribution in [-0.4, -0.2) is 32.7 Å². The number of H-pyrrole nitrogens is 1. The van der Waals surface area contributed by atoms with Gasteiger partial charge in [-0.05, 0) is 28.6 Å². The molecule has 0 saturated heterocycles. The number of hydrogen-bond donors (Lipinski definition) is 2. The third-order valence-electron chi connectivity index (χ3n) is 2.31.